The molecule has 4 rings (SSSR count). The molecule has 0 atom stereocenters. The van der Waals surface area contributed by atoms with Crippen LogP contribution in [0.4, 0.5) is 8.78 Å². The summed E-state index contributed by atoms with van der Waals surface area (Å²) in [4.78, 5) is 24.9. The van der Waals surface area contributed by atoms with Crippen molar-refractivity contribution in [1.82, 2.24) is 0 Å². The van der Waals surface area contributed by atoms with Gasteiger partial charge in [0.1, 0.15) is 46.8 Å². The number of unbranched alkanes of at least 4 members (excludes halogenated alkanes) is 6. The standard InChI is InChI=1S/C48H62F2N2O9Si4/c1-62(2,31-15-11-9-13-29-55-41-23-17-37(18-24-41)47(53)57-43-27-21-39(35-51)45(49)33-43)59-64(5,6)61-65(7,8)60-63(3,4)32-16-12-10-14-30-56-42-25-19-38(20-26-42)48(54)58-44-28-22-40(36-52)46(50)34-44/h17-28,33-34H,9-16,29-32H2,1-8H3. The van der Waals surface area contributed by atoms with E-state index in [1.54, 1.807) is 60.7 Å². The zero-order valence-electron chi connectivity index (χ0n) is 38.9. The molecule has 0 aromatic heterocycles. The SMILES string of the molecule is C[Si](C)(CCCCCCOc1ccc(C(=O)Oc2ccc(C#N)c(F)c2)cc1)O[Si](C)(C)O[Si](C)(C)O[Si](C)(C)CCCCCCOc1ccc(C(=O)Oc2ccc(C#N)c(F)c2)cc1. The first kappa shape index (κ1) is 52.6. The number of halogens is 2. The molecule has 0 unspecified atom stereocenters. The van der Waals surface area contributed by atoms with E-state index in [2.05, 4.69) is 52.4 Å². The molecule has 17 heteroatoms. The van der Waals surface area contributed by atoms with E-state index in [-0.39, 0.29) is 22.6 Å². The molecular formula is C48H62F2N2O9Si4. The van der Waals surface area contributed by atoms with Crippen LogP contribution in [0.5, 0.6) is 23.0 Å². The largest absolute Gasteiger partial charge is 0.494 e. The van der Waals surface area contributed by atoms with E-state index in [0.717, 1.165) is 75.6 Å². The molecule has 0 saturated carbocycles. The van der Waals surface area contributed by atoms with Gasteiger partial charge < -0.3 is 31.3 Å². The Labute approximate surface area is 387 Å². The molecule has 0 fully saturated rings. The van der Waals surface area contributed by atoms with Crippen molar-refractivity contribution < 1.29 is 49.7 Å². The zero-order valence-corrected chi connectivity index (χ0v) is 42.9. The third kappa shape index (κ3) is 18.8. The summed E-state index contributed by atoms with van der Waals surface area (Å²) in [6.07, 6.45) is 8.16. The van der Waals surface area contributed by atoms with Crippen molar-refractivity contribution in [1.29, 1.82) is 10.5 Å². The molecule has 4 aromatic carbocycles. The topological polar surface area (TPSA) is 146 Å². The number of carbonyl (C=O) groups is 2. The van der Waals surface area contributed by atoms with E-state index in [9.17, 15) is 18.4 Å². The van der Waals surface area contributed by atoms with E-state index in [0.29, 0.717) is 35.8 Å². The van der Waals surface area contributed by atoms with Gasteiger partial charge in [0, 0.05) is 12.1 Å². The second-order valence-corrected chi connectivity index (χ2v) is 34.1. The molecule has 0 heterocycles. The first-order valence-electron chi connectivity index (χ1n) is 22.1. The number of nitriles is 2. The Hall–Kier alpha value is -4.99. The number of esters is 2. The highest BCUT2D eigenvalue weighted by atomic mass is 28.5. The molecule has 0 spiro atoms. The van der Waals surface area contributed by atoms with Crippen molar-refractivity contribution in [2.24, 2.45) is 0 Å². The zero-order chi connectivity index (χ0) is 47.7. The predicted octanol–water partition coefficient (Wildman–Crippen LogP) is 12.6. The van der Waals surface area contributed by atoms with Gasteiger partial charge >= 0.3 is 29.1 Å². The summed E-state index contributed by atoms with van der Waals surface area (Å²) >= 11 is 0. The lowest BCUT2D eigenvalue weighted by atomic mass is 10.2. The molecule has 0 bridgehead atoms. The summed E-state index contributed by atoms with van der Waals surface area (Å²) in [6.45, 7) is 18.8. The van der Waals surface area contributed by atoms with Crippen molar-refractivity contribution >= 4 is 45.7 Å². The maximum atomic E-state index is 13.9. The van der Waals surface area contributed by atoms with Gasteiger partial charge in [-0.3, -0.25) is 0 Å². The number of benzene rings is 4. The highest BCUT2D eigenvalue weighted by molar-refractivity contribution is 6.89. The monoisotopic (exact) mass is 960 g/mol. The minimum atomic E-state index is -2.45. The fourth-order valence-electron chi connectivity index (χ4n) is 7.47. The van der Waals surface area contributed by atoms with Gasteiger partial charge in [-0.15, -0.1) is 0 Å². The maximum Gasteiger partial charge on any atom is 0.343 e. The Balaban J connectivity index is 1.05. The average Bonchev–Trinajstić information content (AvgIpc) is 3.22. The fourth-order valence-corrected chi connectivity index (χ4v) is 26.9. The summed E-state index contributed by atoms with van der Waals surface area (Å²) in [7, 11) is -8.87. The van der Waals surface area contributed by atoms with Crippen LogP contribution in [0, 0.1) is 34.3 Å². The molecule has 0 aliphatic heterocycles. The molecule has 0 aliphatic rings. The van der Waals surface area contributed by atoms with E-state index in [1.165, 1.54) is 24.3 Å². The van der Waals surface area contributed by atoms with Crippen molar-refractivity contribution in [2.45, 2.75) is 116 Å². The Morgan fingerprint density at radius 3 is 1.15 bits per heavy atom. The summed E-state index contributed by atoms with van der Waals surface area (Å²) in [5, 5.41) is 17.8. The van der Waals surface area contributed by atoms with Gasteiger partial charge in [-0.1, -0.05) is 38.5 Å². The minimum absolute atomic E-state index is 0.0268. The van der Waals surface area contributed by atoms with E-state index >= 15 is 0 Å². The fraction of sp³-hybridized carbons (Fsp3) is 0.417. The van der Waals surface area contributed by atoms with Crippen molar-refractivity contribution in [3.05, 3.63) is 119 Å². The van der Waals surface area contributed by atoms with Gasteiger partial charge in [-0.2, -0.15) is 10.5 Å². The van der Waals surface area contributed by atoms with Crippen LogP contribution in [0.15, 0.2) is 84.9 Å². The minimum Gasteiger partial charge on any atom is -0.494 e. The van der Waals surface area contributed by atoms with Gasteiger partial charge in [-0.05, 0) is 150 Å². The van der Waals surface area contributed by atoms with Crippen LogP contribution in [0.2, 0.25) is 64.5 Å². The molecular weight excluding hydrogens is 899 g/mol. The van der Waals surface area contributed by atoms with Gasteiger partial charge in [0.2, 0.25) is 0 Å². The highest BCUT2D eigenvalue weighted by Gasteiger charge is 2.43. The van der Waals surface area contributed by atoms with Gasteiger partial charge in [-0.25, -0.2) is 18.4 Å². The quantitative estimate of drug-likeness (QED) is 0.0256. The molecule has 4 aromatic rings. The molecule has 348 valence electrons. The van der Waals surface area contributed by atoms with Crippen LogP contribution in [0.1, 0.15) is 83.2 Å². The van der Waals surface area contributed by atoms with Crippen LogP contribution in [-0.4, -0.2) is 58.9 Å². The number of carbonyl (C=O) groups excluding carboxylic acids is 2. The number of hydrogen-bond acceptors (Lipinski definition) is 11. The average molecular weight is 961 g/mol. The molecule has 0 saturated heterocycles. The number of rotatable bonds is 26. The Bertz CT molecular complexity index is 2120. The highest BCUT2D eigenvalue weighted by Crippen LogP contribution is 2.29. The molecule has 0 aliphatic carbocycles. The van der Waals surface area contributed by atoms with E-state index < -0.39 is 57.3 Å². The van der Waals surface area contributed by atoms with Crippen LogP contribution >= 0.6 is 0 Å². The first-order chi connectivity index (χ1) is 30.7. The second kappa shape index (κ2) is 24.5. The van der Waals surface area contributed by atoms with E-state index in [1.807, 2.05) is 0 Å². The maximum absolute atomic E-state index is 13.9. The predicted molar refractivity (Wildman–Crippen MR) is 256 cm³/mol. The molecule has 0 amide bonds. The molecule has 11 nitrogen and oxygen atoms in total. The number of ether oxygens (including phenoxy) is 4. The first-order valence-corrected chi connectivity index (χ1v) is 33.9. The summed E-state index contributed by atoms with van der Waals surface area (Å²) in [6, 6.07) is 26.1. The Morgan fingerprint density at radius 2 is 0.815 bits per heavy atom. The van der Waals surface area contributed by atoms with Crippen LogP contribution in [0.25, 0.3) is 0 Å². The normalized spacial score (nSPS) is 11.9. The number of nitrogens with zero attached hydrogens (tertiary/aromatic N) is 2. The third-order valence-electron chi connectivity index (χ3n) is 10.1. The lowest BCUT2D eigenvalue weighted by molar-refractivity contribution is 0.0724. The van der Waals surface area contributed by atoms with Crippen molar-refractivity contribution in [2.75, 3.05) is 13.2 Å². The number of hydrogen-bond donors (Lipinski definition) is 0. The van der Waals surface area contributed by atoms with Crippen LogP contribution < -0.4 is 18.9 Å². The smallest absolute Gasteiger partial charge is 0.343 e. The van der Waals surface area contributed by atoms with Gasteiger partial charge in [0.15, 0.2) is 16.6 Å². The Morgan fingerprint density at radius 1 is 0.477 bits per heavy atom. The lowest BCUT2D eigenvalue weighted by Crippen LogP contribution is -2.56. The van der Waals surface area contributed by atoms with E-state index in [4.69, 9.17) is 41.8 Å². The summed E-state index contributed by atoms with van der Waals surface area (Å²) < 4.78 is 70.4. The van der Waals surface area contributed by atoms with Gasteiger partial charge in [0.05, 0.1) is 35.5 Å². The molecule has 0 N–H and O–H groups in total. The third-order valence-corrected chi connectivity index (χ3v) is 25.5. The molecule has 0 radical (unpaired) electrons. The van der Waals surface area contributed by atoms with Gasteiger partial charge in [0.25, 0.3) is 0 Å². The molecule has 65 heavy (non-hydrogen) atoms. The van der Waals surface area contributed by atoms with Crippen LogP contribution in [-0.2, 0) is 12.3 Å². The van der Waals surface area contributed by atoms with Crippen LogP contribution in [0.3, 0.4) is 0 Å². The summed E-state index contributed by atoms with van der Waals surface area (Å²) in [5.41, 5.74) is 0.368. The van der Waals surface area contributed by atoms with Crippen molar-refractivity contribution in [3.8, 4) is 35.1 Å². The second-order valence-electron chi connectivity index (χ2n) is 18.0. The lowest BCUT2D eigenvalue weighted by Gasteiger charge is -2.41. The summed E-state index contributed by atoms with van der Waals surface area (Å²) in [5.74, 6) is -1.40. The van der Waals surface area contributed by atoms with Crippen molar-refractivity contribution in [3.63, 3.8) is 0 Å². The Kier molecular flexibility index (Phi) is 19.8.